The van der Waals surface area contributed by atoms with Gasteiger partial charge in [-0.2, -0.15) is 0 Å². The summed E-state index contributed by atoms with van der Waals surface area (Å²) in [7, 11) is 2.13. The van der Waals surface area contributed by atoms with Crippen molar-refractivity contribution in [2.45, 2.75) is 0 Å². The van der Waals surface area contributed by atoms with Gasteiger partial charge in [0.15, 0.2) is 0 Å². The molecule has 2 aromatic heterocycles. The van der Waals surface area contributed by atoms with Crippen LogP contribution in [-0.4, -0.2) is 16.2 Å². The van der Waals surface area contributed by atoms with E-state index < -0.39 is 0 Å². The molecule has 0 aliphatic carbocycles. The highest BCUT2D eigenvalue weighted by atomic mass is 15.1. The van der Waals surface area contributed by atoms with Crippen LogP contribution in [0.25, 0.3) is 55.0 Å². The van der Waals surface area contributed by atoms with E-state index in [9.17, 15) is 0 Å². The van der Waals surface area contributed by atoms with Crippen molar-refractivity contribution in [3.8, 4) is 11.4 Å². The smallest absolute Gasteiger partial charge is 0.0541 e. The van der Waals surface area contributed by atoms with Gasteiger partial charge in [-0.25, -0.2) is 0 Å². The third kappa shape index (κ3) is 3.38. The van der Waals surface area contributed by atoms with E-state index in [0.29, 0.717) is 0 Å². The van der Waals surface area contributed by atoms with Gasteiger partial charge in [0, 0.05) is 51.3 Å². The van der Waals surface area contributed by atoms with Crippen molar-refractivity contribution in [3.05, 3.63) is 146 Å². The zero-order valence-electron chi connectivity index (χ0n) is 22.2. The average Bonchev–Trinajstić information content (AvgIpc) is 3.54. The molecule has 0 bridgehead atoms. The number of fused-ring (bicyclic) bond motifs is 6. The third-order valence-electron chi connectivity index (χ3n) is 8.15. The Hall–Kier alpha value is -5.28. The minimum Gasteiger partial charge on any atom is -0.345 e. The van der Waals surface area contributed by atoms with Gasteiger partial charge in [-0.3, -0.25) is 0 Å². The van der Waals surface area contributed by atoms with Crippen LogP contribution in [0.2, 0.25) is 0 Å². The fourth-order valence-corrected chi connectivity index (χ4v) is 6.20. The Morgan fingerprint density at radius 3 is 0.925 bits per heavy atom. The van der Waals surface area contributed by atoms with E-state index in [-0.39, 0.29) is 0 Å². The maximum Gasteiger partial charge on any atom is 0.0541 e. The molecule has 6 aromatic carbocycles. The van der Waals surface area contributed by atoms with E-state index in [4.69, 9.17) is 0 Å². The third-order valence-corrected chi connectivity index (χ3v) is 8.15. The first kappa shape index (κ1) is 22.7. The van der Waals surface area contributed by atoms with Gasteiger partial charge >= 0.3 is 0 Å². The molecule has 0 saturated carbocycles. The number of anilines is 2. The van der Waals surface area contributed by atoms with Gasteiger partial charge in [0.1, 0.15) is 0 Å². The van der Waals surface area contributed by atoms with Crippen molar-refractivity contribution < 1.29 is 0 Å². The molecule has 8 rings (SSSR count). The van der Waals surface area contributed by atoms with Crippen LogP contribution < -0.4 is 4.90 Å². The van der Waals surface area contributed by atoms with Crippen molar-refractivity contribution in [1.82, 2.24) is 9.13 Å². The highest BCUT2D eigenvalue weighted by Gasteiger charge is 2.14. The minimum atomic E-state index is 1.15. The molecule has 40 heavy (non-hydrogen) atoms. The molecule has 3 nitrogen and oxygen atoms in total. The lowest BCUT2D eigenvalue weighted by molar-refractivity contribution is 1.15. The Bertz CT molecular complexity index is 1900. The minimum absolute atomic E-state index is 1.15. The SMILES string of the molecule is CN(c1ccc(-n2c3ccccc3c3ccccc32)cc1)c1ccc(-n2c3ccccc3c3ccccc32)cc1. The van der Waals surface area contributed by atoms with E-state index >= 15 is 0 Å². The van der Waals surface area contributed by atoms with Gasteiger partial charge in [0.2, 0.25) is 0 Å². The highest BCUT2D eigenvalue weighted by Crippen LogP contribution is 2.35. The maximum absolute atomic E-state index is 2.36. The van der Waals surface area contributed by atoms with Crippen LogP contribution in [0.15, 0.2) is 146 Å². The van der Waals surface area contributed by atoms with E-state index in [1.54, 1.807) is 0 Å². The lowest BCUT2D eigenvalue weighted by Crippen LogP contribution is -2.09. The van der Waals surface area contributed by atoms with Crippen molar-refractivity contribution in [2.75, 3.05) is 11.9 Å². The molecule has 0 aliphatic heterocycles. The summed E-state index contributed by atoms with van der Waals surface area (Å²) in [6, 6.07) is 52.3. The largest absolute Gasteiger partial charge is 0.345 e. The monoisotopic (exact) mass is 513 g/mol. The number of hydrogen-bond acceptors (Lipinski definition) is 1. The van der Waals surface area contributed by atoms with Crippen LogP contribution in [0.1, 0.15) is 0 Å². The molecule has 2 heterocycles. The first-order valence-electron chi connectivity index (χ1n) is 13.7. The summed E-state index contributed by atoms with van der Waals surface area (Å²) in [6.07, 6.45) is 0. The van der Waals surface area contributed by atoms with Crippen LogP contribution in [0.5, 0.6) is 0 Å². The Morgan fingerprint density at radius 1 is 0.350 bits per heavy atom. The molecule has 0 saturated heterocycles. The quantitative estimate of drug-likeness (QED) is 0.228. The summed E-state index contributed by atoms with van der Waals surface area (Å²) in [6.45, 7) is 0. The van der Waals surface area contributed by atoms with Crippen molar-refractivity contribution in [1.29, 1.82) is 0 Å². The topological polar surface area (TPSA) is 13.1 Å². The van der Waals surface area contributed by atoms with Crippen molar-refractivity contribution in [3.63, 3.8) is 0 Å². The van der Waals surface area contributed by atoms with Gasteiger partial charge < -0.3 is 14.0 Å². The maximum atomic E-state index is 2.36. The molecule has 0 amide bonds. The van der Waals surface area contributed by atoms with Gasteiger partial charge in [-0.1, -0.05) is 72.8 Å². The number of para-hydroxylation sites is 4. The van der Waals surface area contributed by atoms with E-state index in [1.807, 2.05) is 0 Å². The Labute approximate surface area is 232 Å². The lowest BCUT2D eigenvalue weighted by atomic mass is 10.2. The van der Waals surface area contributed by atoms with Crippen LogP contribution >= 0.6 is 0 Å². The summed E-state index contributed by atoms with van der Waals surface area (Å²) in [5, 5.41) is 5.12. The summed E-state index contributed by atoms with van der Waals surface area (Å²) in [4.78, 5) is 2.24. The van der Waals surface area contributed by atoms with Crippen LogP contribution in [-0.2, 0) is 0 Å². The second kappa shape index (κ2) is 8.89. The normalized spacial score (nSPS) is 11.6. The number of rotatable bonds is 4. The second-order valence-corrected chi connectivity index (χ2v) is 10.3. The van der Waals surface area contributed by atoms with Crippen molar-refractivity contribution >= 4 is 55.0 Å². The first-order valence-corrected chi connectivity index (χ1v) is 13.7. The molecular weight excluding hydrogens is 486 g/mol. The first-order chi connectivity index (χ1) is 19.8. The predicted molar refractivity (Wildman–Crippen MR) is 170 cm³/mol. The molecule has 0 atom stereocenters. The molecule has 190 valence electrons. The average molecular weight is 514 g/mol. The zero-order chi connectivity index (χ0) is 26.6. The van der Waals surface area contributed by atoms with Crippen LogP contribution in [0.3, 0.4) is 0 Å². The zero-order valence-corrected chi connectivity index (χ0v) is 22.2. The number of aromatic nitrogens is 2. The predicted octanol–water partition coefficient (Wildman–Crippen LogP) is 9.65. The van der Waals surface area contributed by atoms with Gasteiger partial charge in [0.25, 0.3) is 0 Å². The molecular formula is C37H27N3. The Kier molecular flexibility index (Phi) is 5.04. The summed E-state index contributed by atoms with van der Waals surface area (Å²) in [5.74, 6) is 0. The highest BCUT2D eigenvalue weighted by molar-refractivity contribution is 6.10. The molecule has 8 aromatic rings. The number of hydrogen-bond donors (Lipinski definition) is 0. The van der Waals surface area contributed by atoms with Crippen LogP contribution in [0.4, 0.5) is 11.4 Å². The molecule has 0 spiro atoms. The molecule has 3 heteroatoms. The molecule has 0 aliphatic rings. The molecule has 0 unspecified atom stereocenters. The molecule has 0 N–H and O–H groups in total. The lowest BCUT2D eigenvalue weighted by Gasteiger charge is -2.21. The summed E-state index contributed by atoms with van der Waals surface area (Å²) >= 11 is 0. The summed E-state index contributed by atoms with van der Waals surface area (Å²) in [5.41, 5.74) is 9.53. The standard InChI is InChI=1S/C37H27N3/c1-38(26-18-22-28(23-19-26)39-34-14-6-2-10-30(34)31-11-3-7-15-35(31)39)27-20-24-29(25-21-27)40-36-16-8-4-12-32(36)33-13-5-9-17-37(33)40/h2-25H,1H3. The van der Waals surface area contributed by atoms with Gasteiger partial charge in [-0.05, 0) is 72.8 Å². The Balaban J connectivity index is 1.14. The second-order valence-electron chi connectivity index (χ2n) is 10.3. The van der Waals surface area contributed by atoms with Gasteiger partial charge in [-0.15, -0.1) is 0 Å². The van der Waals surface area contributed by atoms with Gasteiger partial charge in [0.05, 0.1) is 22.1 Å². The number of nitrogens with zero attached hydrogens (tertiary/aromatic N) is 3. The fraction of sp³-hybridized carbons (Fsp3) is 0.0270. The fourth-order valence-electron chi connectivity index (χ4n) is 6.20. The van der Waals surface area contributed by atoms with Crippen LogP contribution in [0, 0.1) is 0 Å². The van der Waals surface area contributed by atoms with E-state index in [1.165, 1.54) is 43.6 Å². The van der Waals surface area contributed by atoms with E-state index in [2.05, 4.69) is 167 Å². The molecule has 0 radical (unpaired) electrons. The van der Waals surface area contributed by atoms with Crippen molar-refractivity contribution in [2.24, 2.45) is 0 Å². The Morgan fingerprint density at radius 2 is 0.625 bits per heavy atom. The number of benzene rings is 6. The summed E-state index contributed by atoms with van der Waals surface area (Å²) < 4.78 is 4.71. The molecule has 0 fully saturated rings. The van der Waals surface area contributed by atoms with E-state index in [0.717, 1.165) is 22.7 Å².